The van der Waals surface area contributed by atoms with E-state index in [0.29, 0.717) is 22.6 Å². The van der Waals surface area contributed by atoms with Crippen LogP contribution in [0.4, 0.5) is 11.4 Å². The van der Waals surface area contributed by atoms with E-state index in [9.17, 15) is 9.59 Å². The van der Waals surface area contributed by atoms with Crippen molar-refractivity contribution in [3.8, 4) is 11.3 Å². The van der Waals surface area contributed by atoms with Crippen LogP contribution in [-0.4, -0.2) is 21.8 Å². The Morgan fingerprint density at radius 3 is 2.30 bits per heavy atom. The van der Waals surface area contributed by atoms with Gasteiger partial charge < -0.3 is 10.6 Å². The largest absolute Gasteiger partial charge is 0.326 e. The van der Waals surface area contributed by atoms with E-state index in [-0.39, 0.29) is 11.8 Å². The molecule has 6 nitrogen and oxygen atoms in total. The first kappa shape index (κ1) is 19.3. The molecule has 4 aromatic rings. The lowest BCUT2D eigenvalue weighted by atomic mass is 10.0. The lowest BCUT2D eigenvalue weighted by Gasteiger charge is -2.14. The van der Waals surface area contributed by atoms with Gasteiger partial charge in [-0.25, -0.2) is 4.98 Å². The summed E-state index contributed by atoms with van der Waals surface area (Å²) in [5, 5.41) is 6.53. The molecule has 0 bridgehead atoms. The Balaban J connectivity index is 1.76. The third-order valence-corrected chi connectivity index (χ3v) is 4.83. The molecule has 30 heavy (non-hydrogen) atoms. The summed E-state index contributed by atoms with van der Waals surface area (Å²) in [5.41, 5.74) is 4.93. The first-order valence-corrected chi connectivity index (χ1v) is 9.51. The van der Waals surface area contributed by atoms with Crippen LogP contribution in [0.1, 0.15) is 22.8 Å². The van der Waals surface area contributed by atoms with Crippen molar-refractivity contribution in [2.75, 3.05) is 10.6 Å². The number of carbonyl (C=O) groups excluding carboxylic acids is 2. The molecule has 0 spiro atoms. The summed E-state index contributed by atoms with van der Waals surface area (Å²) in [5.74, 6) is -0.407. The van der Waals surface area contributed by atoms with Gasteiger partial charge in [-0.15, -0.1) is 0 Å². The quantitative estimate of drug-likeness (QED) is 0.518. The molecule has 4 rings (SSSR count). The van der Waals surface area contributed by atoms with E-state index in [1.165, 1.54) is 6.92 Å². The number of para-hydroxylation sites is 1. The lowest BCUT2D eigenvalue weighted by Crippen LogP contribution is -2.15. The summed E-state index contributed by atoms with van der Waals surface area (Å²) in [7, 11) is 0. The maximum atomic E-state index is 13.3. The molecular weight excluding hydrogens is 376 g/mol. The van der Waals surface area contributed by atoms with Crippen LogP contribution >= 0.6 is 0 Å². The first-order valence-electron chi connectivity index (χ1n) is 9.51. The molecule has 2 N–H and O–H groups in total. The van der Waals surface area contributed by atoms with Gasteiger partial charge in [0.2, 0.25) is 5.91 Å². The standard InChI is InChI=1S/C24H20N4O2/c1-15-20(26-16(2)29)8-5-9-21(15)28-24(30)19-14-23(17-10-12-25-13-11-17)27-22-7-4-3-6-18(19)22/h3-14H,1-2H3,(H,26,29)(H,28,30). The Kier molecular flexibility index (Phi) is 5.22. The minimum Gasteiger partial charge on any atom is -0.326 e. The first-order chi connectivity index (χ1) is 14.5. The van der Waals surface area contributed by atoms with E-state index in [4.69, 9.17) is 4.98 Å². The molecule has 148 valence electrons. The second kappa shape index (κ2) is 8.13. The van der Waals surface area contributed by atoms with Gasteiger partial charge in [0.25, 0.3) is 5.91 Å². The van der Waals surface area contributed by atoms with Crippen LogP contribution in [0.3, 0.4) is 0 Å². The second-order valence-corrected chi connectivity index (χ2v) is 6.92. The second-order valence-electron chi connectivity index (χ2n) is 6.92. The number of hydrogen-bond donors (Lipinski definition) is 2. The fourth-order valence-electron chi connectivity index (χ4n) is 3.32. The zero-order valence-corrected chi connectivity index (χ0v) is 16.6. The Bertz CT molecular complexity index is 1250. The summed E-state index contributed by atoms with van der Waals surface area (Å²) >= 11 is 0. The maximum Gasteiger partial charge on any atom is 0.256 e. The van der Waals surface area contributed by atoms with Crippen LogP contribution < -0.4 is 10.6 Å². The van der Waals surface area contributed by atoms with Crippen molar-refractivity contribution in [1.29, 1.82) is 0 Å². The van der Waals surface area contributed by atoms with Gasteiger partial charge in [-0.05, 0) is 48.9 Å². The average Bonchev–Trinajstić information content (AvgIpc) is 2.76. The molecule has 0 saturated carbocycles. The molecule has 2 aromatic carbocycles. The van der Waals surface area contributed by atoms with Gasteiger partial charge in [-0.2, -0.15) is 0 Å². The van der Waals surface area contributed by atoms with Crippen LogP contribution in [0.5, 0.6) is 0 Å². The van der Waals surface area contributed by atoms with Gasteiger partial charge in [0, 0.05) is 41.6 Å². The monoisotopic (exact) mass is 396 g/mol. The van der Waals surface area contributed by atoms with Gasteiger partial charge in [0.1, 0.15) is 0 Å². The van der Waals surface area contributed by atoms with Gasteiger partial charge >= 0.3 is 0 Å². The fourth-order valence-corrected chi connectivity index (χ4v) is 3.32. The molecule has 0 fully saturated rings. The number of hydrogen-bond acceptors (Lipinski definition) is 4. The molecule has 2 amide bonds. The van der Waals surface area contributed by atoms with E-state index in [2.05, 4.69) is 15.6 Å². The number of amides is 2. The molecule has 0 unspecified atom stereocenters. The third kappa shape index (κ3) is 3.89. The van der Waals surface area contributed by atoms with E-state index in [1.54, 1.807) is 30.6 Å². The van der Waals surface area contributed by atoms with E-state index >= 15 is 0 Å². The topological polar surface area (TPSA) is 84.0 Å². The predicted molar refractivity (Wildman–Crippen MR) is 118 cm³/mol. The number of aromatic nitrogens is 2. The number of pyridine rings is 2. The SMILES string of the molecule is CC(=O)Nc1cccc(NC(=O)c2cc(-c3ccncc3)nc3ccccc23)c1C. The van der Waals surface area contributed by atoms with Crippen molar-refractivity contribution in [1.82, 2.24) is 9.97 Å². The minimum atomic E-state index is -0.244. The molecule has 0 saturated heterocycles. The van der Waals surface area contributed by atoms with Crippen molar-refractivity contribution in [2.45, 2.75) is 13.8 Å². The van der Waals surface area contributed by atoms with Gasteiger partial charge in [-0.1, -0.05) is 24.3 Å². The van der Waals surface area contributed by atoms with Crippen molar-refractivity contribution < 1.29 is 9.59 Å². The van der Waals surface area contributed by atoms with Crippen LogP contribution in [0.25, 0.3) is 22.2 Å². The highest BCUT2D eigenvalue weighted by Gasteiger charge is 2.16. The van der Waals surface area contributed by atoms with Gasteiger partial charge in [0.15, 0.2) is 0 Å². The number of nitrogens with one attached hydrogen (secondary N) is 2. The highest BCUT2D eigenvalue weighted by atomic mass is 16.2. The molecular formula is C24H20N4O2. The number of carbonyl (C=O) groups is 2. The Morgan fingerprint density at radius 1 is 0.867 bits per heavy atom. The predicted octanol–water partition coefficient (Wildman–Crippen LogP) is 4.82. The summed E-state index contributed by atoms with van der Waals surface area (Å²) in [4.78, 5) is 33.4. The number of fused-ring (bicyclic) bond motifs is 1. The Morgan fingerprint density at radius 2 is 1.57 bits per heavy atom. The lowest BCUT2D eigenvalue weighted by molar-refractivity contribution is -0.114. The van der Waals surface area contributed by atoms with Crippen LogP contribution in [0, 0.1) is 6.92 Å². The van der Waals surface area contributed by atoms with Gasteiger partial charge in [0.05, 0.1) is 16.8 Å². The van der Waals surface area contributed by atoms with E-state index in [0.717, 1.165) is 22.0 Å². The number of nitrogens with zero attached hydrogens (tertiary/aromatic N) is 2. The van der Waals surface area contributed by atoms with Crippen molar-refractivity contribution >= 4 is 34.1 Å². The molecule has 0 atom stereocenters. The fraction of sp³-hybridized carbons (Fsp3) is 0.0833. The summed E-state index contributed by atoms with van der Waals surface area (Å²) in [6.07, 6.45) is 3.39. The highest BCUT2D eigenvalue weighted by molar-refractivity contribution is 6.13. The molecule has 6 heteroatoms. The van der Waals surface area contributed by atoms with Crippen LogP contribution in [0.2, 0.25) is 0 Å². The van der Waals surface area contributed by atoms with E-state index < -0.39 is 0 Å². The van der Waals surface area contributed by atoms with E-state index in [1.807, 2.05) is 49.4 Å². The average molecular weight is 396 g/mol. The number of anilines is 2. The van der Waals surface area contributed by atoms with Crippen molar-refractivity contribution in [2.24, 2.45) is 0 Å². The van der Waals surface area contributed by atoms with Crippen molar-refractivity contribution in [3.05, 3.63) is 84.2 Å². The van der Waals surface area contributed by atoms with Crippen molar-refractivity contribution in [3.63, 3.8) is 0 Å². The minimum absolute atomic E-state index is 0.163. The summed E-state index contributed by atoms with van der Waals surface area (Å²) in [6.45, 7) is 3.31. The Hall–Kier alpha value is -4.06. The van der Waals surface area contributed by atoms with Crippen LogP contribution in [0.15, 0.2) is 73.1 Å². The number of benzene rings is 2. The number of rotatable bonds is 4. The molecule has 2 aromatic heterocycles. The third-order valence-electron chi connectivity index (χ3n) is 4.83. The van der Waals surface area contributed by atoms with Crippen LogP contribution in [-0.2, 0) is 4.79 Å². The molecule has 0 aliphatic heterocycles. The highest BCUT2D eigenvalue weighted by Crippen LogP contribution is 2.27. The smallest absolute Gasteiger partial charge is 0.256 e. The summed E-state index contributed by atoms with van der Waals surface area (Å²) < 4.78 is 0. The van der Waals surface area contributed by atoms with Gasteiger partial charge in [-0.3, -0.25) is 14.6 Å². The summed E-state index contributed by atoms with van der Waals surface area (Å²) in [6, 6.07) is 18.5. The Labute approximate surface area is 174 Å². The molecule has 0 aliphatic carbocycles. The zero-order valence-electron chi connectivity index (χ0n) is 16.6. The zero-order chi connectivity index (χ0) is 21.1. The molecule has 0 aliphatic rings. The normalized spacial score (nSPS) is 10.6. The molecule has 2 heterocycles. The maximum absolute atomic E-state index is 13.3. The molecule has 0 radical (unpaired) electrons.